The normalized spacial score (nSPS) is 14.5. The van der Waals surface area contributed by atoms with E-state index in [0.717, 1.165) is 4.47 Å². The number of nitrogens with one attached hydrogen (secondary N) is 1. The summed E-state index contributed by atoms with van der Waals surface area (Å²) in [6, 6.07) is 5.18. The maximum atomic E-state index is 12.3. The lowest BCUT2D eigenvalue weighted by Crippen LogP contribution is -2.44. The Hall–Kier alpha value is -1.76. The molecule has 0 aliphatic rings. The lowest BCUT2D eigenvalue weighted by Gasteiger charge is -2.25. The third-order valence-electron chi connectivity index (χ3n) is 3.29. The highest BCUT2D eigenvalue weighted by molar-refractivity contribution is 9.10. The predicted molar refractivity (Wildman–Crippen MR) is 81.1 cm³/mol. The van der Waals surface area contributed by atoms with Crippen molar-refractivity contribution in [1.82, 2.24) is 0 Å². The highest BCUT2D eigenvalue weighted by atomic mass is 79.9. The Kier molecular flexibility index (Phi) is 5.38. The van der Waals surface area contributed by atoms with Gasteiger partial charge in [0, 0.05) is 11.8 Å². The van der Waals surface area contributed by atoms with E-state index < -0.39 is 5.41 Å². The van der Waals surface area contributed by atoms with Crippen LogP contribution >= 0.6 is 15.9 Å². The van der Waals surface area contributed by atoms with Crippen LogP contribution in [-0.2, 0) is 4.79 Å². The number of anilines is 1. The topological polar surface area (TPSA) is 96.9 Å². The molecule has 0 heterocycles. The number of ether oxygens (including phenoxy) is 1. The van der Waals surface area contributed by atoms with Gasteiger partial charge in [0.2, 0.25) is 5.91 Å². The van der Waals surface area contributed by atoms with Crippen LogP contribution in [0.15, 0.2) is 27.8 Å². The number of rotatable bonds is 5. The Bertz CT molecular complexity index is 534. The second-order valence-corrected chi connectivity index (χ2v) is 5.33. The largest absolute Gasteiger partial charge is 0.495 e. The average Bonchev–Trinajstić information content (AvgIpc) is 2.47. The van der Waals surface area contributed by atoms with Crippen LogP contribution in [0, 0.1) is 5.41 Å². The van der Waals surface area contributed by atoms with Crippen molar-refractivity contribution in [3.63, 3.8) is 0 Å². The molecule has 110 valence electrons. The van der Waals surface area contributed by atoms with Gasteiger partial charge >= 0.3 is 0 Å². The Morgan fingerprint density at radius 3 is 2.75 bits per heavy atom. The van der Waals surface area contributed by atoms with Gasteiger partial charge in [-0.3, -0.25) is 4.79 Å². The minimum absolute atomic E-state index is 0.124. The highest BCUT2D eigenvalue weighted by Gasteiger charge is 2.36. The summed E-state index contributed by atoms with van der Waals surface area (Å²) in [7, 11) is 1.54. The van der Waals surface area contributed by atoms with Gasteiger partial charge in [-0.2, -0.15) is 0 Å². The summed E-state index contributed by atoms with van der Waals surface area (Å²) in [4.78, 5) is 12.3. The van der Waals surface area contributed by atoms with E-state index in [4.69, 9.17) is 15.7 Å². The molecule has 0 saturated carbocycles. The predicted octanol–water partition coefficient (Wildman–Crippen LogP) is 2.56. The van der Waals surface area contributed by atoms with Crippen LogP contribution in [0.25, 0.3) is 0 Å². The minimum atomic E-state index is -1.07. The lowest BCUT2D eigenvalue weighted by molar-refractivity contribution is -0.121. The maximum Gasteiger partial charge on any atom is 0.238 e. The zero-order valence-corrected chi connectivity index (χ0v) is 13.2. The molecule has 7 heteroatoms. The van der Waals surface area contributed by atoms with Gasteiger partial charge in [-0.15, -0.1) is 0 Å². The van der Waals surface area contributed by atoms with E-state index in [2.05, 4.69) is 26.4 Å². The molecule has 0 aliphatic carbocycles. The smallest absolute Gasteiger partial charge is 0.238 e. The van der Waals surface area contributed by atoms with Crippen molar-refractivity contribution in [2.24, 2.45) is 16.3 Å². The molecule has 6 nitrogen and oxygen atoms in total. The van der Waals surface area contributed by atoms with Crippen LogP contribution in [0.3, 0.4) is 0 Å². The summed E-state index contributed by atoms with van der Waals surface area (Å²) in [5.74, 6) is 0.131. The first-order chi connectivity index (χ1) is 9.38. The third-order valence-corrected chi connectivity index (χ3v) is 3.95. The van der Waals surface area contributed by atoms with Crippen molar-refractivity contribution in [2.75, 3.05) is 12.4 Å². The molecule has 1 aromatic carbocycles. The van der Waals surface area contributed by atoms with Crippen LogP contribution < -0.4 is 15.8 Å². The average molecular weight is 344 g/mol. The number of benzene rings is 1. The van der Waals surface area contributed by atoms with Crippen molar-refractivity contribution in [2.45, 2.75) is 20.3 Å². The summed E-state index contributed by atoms with van der Waals surface area (Å²) in [6.07, 6.45) is 0.405. The van der Waals surface area contributed by atoms with Crippen LogP contribution in [0.2, 0.25) is 0 Å². The zero-order chi connectivity index (χ0) is 15.3. The SMILES string of the molecule is CCC(C)(C(=O)Nc1ccc(Br)c(OC)c1)/C(N)=N/O. The molecule has 1 amide bonds. The van der Waals surface area contributed by atoms with Crippen LogP contribution in [0.1, 0.15) is 20.3 Å². The molecule has 20 heavy (non-hydrogen) atoms. The van der Waals surface area contributed by atoms with Crippen LogP contribution in [-0.4, -0.2) is 24.1 Å². The number of amidine groups is 1. The third kappa shape index (κ3) is 3.22. The number of hydrogen-bond acceptors (Lipinski definition) is 4. The summed E-state index contributed by atoms with van der Waals surface area (Å²) >= 11 is 3.33. The molecule has 0 aliphatic heterocycles. The summed E-state index contributed by atoms with van der Waals surface area (Å²) in [5, 5.41) is 14.5. The second-order valence-electron chi connectivity index (χ2n) is 4.47. The van der Waals surface area contributed by atoms with E-state index in [0.29, 0.717) is 17.9 Å². The van der Waals surface area contributed by atoms with Crippen molar-refractivity contribution in [1.29, 1.82) is 0 Å². The molecule has 0 aromatic heterocycles. The Morgan fingerprint density at radius 2 is 2.25 bits per heavy atom. The molecule has 1 unspecified atom stereocenters. The van der Waals surface area contributed by atoms with Gasteiger partial charge in [0.05, 0.1) is 11.6 Å². The van der Waals surface area contributed by atoms with Gasteiger partial charge < -0.3 is 21.0 Å². The maximum absolute atomic E-state index is 12.3. The number of carbonyl (C=O) groups excluding carboxylic acids is 1. The molecule has 0 fully saturated rings. The molecule has 4 N–H and O–H groups in total. The molecule has 0 saturated heterocycles. The molecule has 1 atom stereocenters. The van der Waals surface area contributed by atoms with E-state index in [1.807, 2.05) is 0 Å². The lowest BCUT2D eigenvalue weighted by atomic mass is 9.85. The van der Waals surface area contributed by atoms with Crippen LogP contribution in [0.5, 0.6) is 5.75 Å². The van der Waals surface area contributed by atoms with Crippen LogP contribution in [0.4, 0.5) is 5.69 Å². The van der Waals surface area contributed by atoms with E-state index in [-0.39, 0.29) is 11.7 Å². The van der Waals surface area contributed by atoms with E-state index in [1.54, 1.807) is 32.0 Å². The van der Waals surface area contributed by atoms with E-state index >= 15 is 0 Å². The summed E-state index contributed by atoms with van der Waals surface area (Å²) < 4.78 is 5.95. The van der Waals surface area contributed by atoms with E-state index in [9.17, 15) is 4.79 Å². The Morgan fingerprint density at radius 1 is 1.60 bits per heavy atom. The second kappa shape index (κ2) is 6.60. The number of nitrogens with zero attached hydrogens (tertiary/aromatic N) is 1. The Labute approximate surface area is 126 Å². The van der Waals surface area contributed by atoms with Gasteiger partial charge in [0.15, 0.2) is 5.84 Å². The highest BCUT2D eigenvalue weighted by Crippen LogP contribution is 2.29. The monoisotopic (exact) mass is 343 g/mol. The zero-order valence-electron chi connectivity index (χ0n) is 11.6. The number of methoxy groups -OCH3 is 1. The molecule has 1 rings (SSSR count). The van der Waals surface area contributed by atoms with Gasteiger partial charge in [0.1, 0.15) is 11.2 Å². The first kappa shape index (κ1) is 16.3. The van der Waals surface area contributed by atoms with Gasteiger partial charge in [-0.1, -0.05) is 12.1 Å². The first-order valence-electron chi connectivity index (χ1n) is 6.02. The van der Waals surface area contributed by atoms with E-state index in [1.165, 1.54) is 7.11 Å². The van der Waals surface area contributed by atoms with Crippen molar-refractivity contribution >= 4 is 33.4 Å². The molecule has 0 bridgehead atoms. The van der Waals surface area contributed by atoms with Gasteiger partial charge in [0.25, 0.3) is 0 Å². The van der Waals surface area contributed by atoms with Crippen molar-refractivity contribution in [3.8, 4) is 5.75 Å². The first-order valence-corrected chi connectivity index (χ1v) is 6.81. The molecular formula is C13H18BrN3O3. The molecule has 1 aromatic rings. The van der Waals surface area contributed by atoms with Crippen molar-refractivity contribution in [3.05, 3.63) is 22.7 Å². The number of carbonyl (C=O) groups is 1. The number of halogens is 1. The minimum Gasteiger partial charge on any atom is -0.495 e. The summed E-state index contributed by atoms with van der Waals surface area (Å²) in [6.45, 7) is 3.41. The number of nitrogens with two attached hydrogens (primary N) is 1. The molecule has 0 spiro atoms. The molecular weight excluding hydrogens is 326 g/mol. The number of oxime groups is 1. The number of amides is 1. The standard InChI is InChI=1S/C13H18BrN3O3/c1-4-13(2,11(15)17-19)12(18)16-8-5-6-9(14)10(7-8)20-3/h5-7,19H,4H2,1-3H3,(H2,15,17)(H,16,18). The summed E-state index contributed by atoms with van der Waals surface area (Å²) in [5.41, 5.74) is 5.10. The van der Waals surface area contributed by atoms with Gasteiger partial charge in [-0.05, 0) is 41.4 Å². The number of hydrogen-bond donors (Lipinski definition) is 3. The fraction of sp³-hybridized carbons (Fsp3) is 0.385. The Balaban J connectivity index is 3.00. The molecule has 0 radical (unpaired) electrons. The quantitative estimate of drug-likeness (QED) is 0.331. The van der Waals surface area contributed by atoms with Crippen molar-refractivity contribution < 1.29 is 14.7 Å². The van der Waals surface area contributed by atoms with Gasteiger partial charge in [-0.25, -0.2) is 0 Å². The fourth-order valence-electron chi connectivity index (χ4n) is 1.57. The fourth-order valence-corrected chi connectivity index (χ4v) is 1.98.